The molecule has 2 atom stereocenters. The van der Waals surface area contributed by atoms with E-state index in [1.54, 1.807) is 9.73 Å². The molecule has 4 rings (SSSR count). The Kier molecular flexibility index (Phi) is 7.82. The van der Waals surface area contributed by atoms with E-state index >= 15 is 0 Å². The van der Waals surface area contributed by atoms with Crippen LogP contribution in [-0.4, -0.2) is 75.7 Å². The fourth-order valence-electron chi connectivity index (χ4n) is 4.87. The Morgan fingerprint density at radius 1 is 1.11 bits per heavy atom. The molecule has 13 heteroatoms. The Hall–Kier alpha value is -1.99. The summed E-state index contributed by atoms with van der Waals surface area (Å²) in [7, 11) is -3.85. The highest BCUT2D eigenvalue weighted by Gasteiger charge is 2.46. The molecule has 1 saturated carbocycles. The number of piperidine rings is 2. The van der Waals surface area contributed by atoms with Gasteiger partial charge in [-0.3, -0.25) is 4.79 Å². The molecule has 1 aromatic rings. The van der Waals surface area contributed by atoms with E-state index in [1.807, 2.05) is 0 Å². The molecule has 7 nitrogen and oxygen atoms in total. The average Bonchev–Trinajstić information content (AvgIpc) is 3.61. The second-order valence-corrected chi connectivity index (χ2v) is 11.7. The summed E-state index contributed by atoms with van der Waals surface area (Å²) >= 11 is 0. The quantitative estimate of drug-likeness (QED) is 0.534. The zero-order chi connectivity index (χ0) is 26.3. The summed E-state index contributed by atoms with van der Waals surface area (Å²) in [4.78, 5) is 12.2. The van der Waals surface area contributed by atoms with Gasteiger partial charge in [0.2, 0.25) is 10.0 Å². The van der Waals surface area contributed by atoms with Crippen LogP contribution in [0.2, 0.25) is 0 Å². The van der Waals surface area contributed by atoms with Gasteiger partial charge in [-0.05, 0) is 55.6 Å². The first-order valence-electron chi connectivity index (χ1n) is 12.0. The summed E-state index contributed by atoms with van der Waals surface area (Å²) in [5, 5.41) is 3.26. The van der Waals surface area contributed by atoms with E-state index in [-0.39, 0.29) is 37.1 Å². The van der Waals surface area contributed by atoms with Gasteiger partial charge in [-0.1, -0.05) is 0 Å². The molecule has 0 bridgehead atoms. The van der Waals surface area contributed by atoms with Crippen molar-refractivity contribution in [2.45, 2.75) is 50.4 Å². The van der Waals surface area contributed by atoms with Crippen LogP contribution in [-0.2, 0) is 10.0 Å². The summed E-state index contributed by atoms with van der Waals surface area (Å²) in [6.45, 7) is 0.920. The molecule has 0 aromatic heterocycles. The standard InChI is InChI=1S/C23H30F5N3O4S/c1-36(33,34)29-22(32)19-9-18(15-2-3-15)21(10-20(19)25)35-13-14-4-6-30(7-5-14)31-11-16(23(26,27)28)8-17(24)12-31/h9-10,14-17H,2-8,11-13H2,1H3,(H,29,32). The van der Waals surface area contributed by atoms with Crippen LogP contribution in [0, 0.1) is 17.7 Å². The first-order valence-corrected chi connectivity index (χ1v) is 13.9. The summed E-state index contributed by atoms with van der Waals surface area (Å²) in [6.07, 6.45) is -2.70. The first kappa shape index (κ1) is 27.1. The highest BCUT2D eigenvalue weighted by Crippen LogP contribution is 2.45. The monoisotopic (exact) mass is 539 g/mol. The number of carbonyl (C=O) groups is 1. The van der Waals surface area contributed by atoms with Crippen LogP contribution >= 0.6 is 0 Å². The third-order valence-corrected chi connectivity index (χ3v) is 7.50. The van der Waals surface area contributed by atoms with E-state index in [9.17, 15) is 35.2 Å². The van der Waals surface area contributed by atoms with Gasteiger partial charge >= 0.3 is 6.18 Å². The summed E-state index contributed by atoms with van der Waals surface area (Å²) in [5.74, 6) is -3.14. The Labute approximate surface area is 207 Å². The average molecular weight is 540 g/mol. The Morgan fingerprint density at radius 3 is 2.36 bits per heavy atom. The molecule has 3 aliphatic rings. The molecule has 2 saturated heterocycles. The molecule has 36 heavy (non-hydrogen) atoms. The van der Waals surface area contributed by atoms with Gasteiger partial charge < -0.3 is 4.74 Å². The normalized spacial score (nSPS) is 25.1. The number of nitrogens with one attached hydrogen (secondary N) is 1. The van der Waals surface area contributed by atoms with E-state index in [2.05, 4.69) is 0 Å². The van der Waals surface area contributed by atoms with Crippen molar-refractivity contribution < 1.29 is 39.9 Å². The summed E-state index contributed by atoms with van der Waals surface area (Å²) in [5.41, 5.74) is 0.279. The molecule has 1 amide bonds. The summed E-state index contributed by atoms with van der Waals surface area (Å²) in [6, 6.07) is 2.44. The number of alkyl halides is 4. The van der Waals surface area contributed by atoms with E-state index in [0.29, 0.717) is 37.2 Å². The minimum absolute atomic E-state index is 0.0446. The molecule has 2 heterocycles. The van der Waals surface area contributed by atoms with Gasteiger partial charge in [0.05, 0.1) is 24.3 Å². The number of carbonyl (C=O) groups excluding carboxylic acids is 1. The maximum absolute atomic E-state index is 14.7. The lowest BCUT2D eigenvalue weighted by Gasteiger charge is -2.44. The highest BCUT2D eigenvalue weighted by molar-refractivity contribution is 7.89. The first-order chi connectivity index (χ1) is 16.8. The van der Waals surface area contributed by atoms with Crippen LogP contribution in [0.5, 0.6) is 5.75 Å². The van der Waals surface area contributed by atoms with Crippen molar-refractivity contribution in [3.05, 3.63) is 29.1 Å². The molecule has 1 aromatic carbocycles. The van der Waals surface area contributed by atoms with Crippen LogP contribution in [0.25, 0.3) is 0 Å². The predicted molar refractivity (Wildman–Crippen MR) is 121 cm³/mol. The van der Waals surface area contributed by atoms with Crippen molar-refractivity contribution >= 4 is 15.9 Å². The van der Waals surface area contributed by atoms with Crippen molar-refractivity contribution in [3.63, 3.8) is 0 Å². The predicted octanol–water partition coefficient (Wildman–Crippen LogP) is 3.62. The molecular weight excluding hydrogens is 509 g/mol. The van der Waals surface area contributed by atoms with Gasteiger partial charge in [0.1, 0.15) is 17.7 Å². The smallest absolute Gasteiger partial charge is 0.393 e. The number of amides is 1. The lowest BCUT2D eigenvalue weighted by atomic mass is 9.95. The molecule has 3 fully saturated rings. The minimum Gasteiger partial charge on any atom is -0.493 e. The van der Waals surface area contributed by atoms with Crippen molar-refractivity contribution in [1.82, 2.24) is 14.7 Å². The number of sulfonamides is 1. The van der Waals surface area contributed by atoms with E-state index < -0.39 is 46.4 Å². The molecule has 1 aliphatic carbocycles. The SMILES string of the molecule is CS(=O)(=O)NC(=O)c1cc(C2CC2)c(OCC2CCN(N3CC(F)CC(C(F)(F)F)C3)CC2)cc1F. The van der Waals surface area contributed by atoms with E-state index in [4.69, 9.17) is 4.74 Å². The number of rotatable bonds is 7. The van der Waals surface area contributed by atoms with E-state index in [1.165, 1.54) is 11.1 Å². The van der Waals surface area contributed by atoms with Crippen LogP contribution in [0.1, 0.15) is 53.9 Å². The van der Waals surface area contributed by atoms with Gasteiger partial charge in [-0.25, -0.2) is 31.9 Å². The Balaban J connectivity index is 1.35. The Morgan fingerprint density at radius 2 is 1.78 bits per heavy atom. The van der Waals surface area contributed by atoms with Gasteiger partial charge in [0.25, 0.3) is 5.91 Å². The third-order valence-electron chi connectivity index (χ3n) is 6.95. The van der Waals surface area contributed by atoms with Crippen LogP contribution < -0.4 is 9.46 Å². The van der Waals surface area contributed by atoms with Crippen molar-refractivity contribution in [1.29, 1.82) is 0 Å². The number of hydrogen-bond acceptors (Lipinski definition) is 6. The van der Waals surface area contributed by atoms with Crippen molar-refractivity contribution in [3.8, 4) is 5.75 Å². The second kappa shape index (κ2) is 10.4. The number of nitrogens with zero attached hydrogens (tertiary/aromatic N) is 2. The molecule has 2 unspecified atom stereocenters. The number of ether oxygens (including phenoxy) is 1. The van der Waals surface area contributed by atoms with Crippen LogP contribution in [0.3, 0.4) is 0 Å². The Bertz CT molecular complexity index is 1070. The molecular formula is C23H30F5N3O4S. The molecule has 1 N–H and O–H groups in total. The fraction of sp³-hybridized carbons (Fsp3) is 0.696. The van der Waals surface area contributed by atoms with Gasteiger partial charge in [0, 0.05) is 32.2 Å². The van der Waals surface area contributed by atoms with Crippen molar-refractivity contribution in [2.24, 2.45) is 11.8 Å². The van der Waals surface area contributed by atoms with Crippen molar-refractivity contribution in [2.75, 3.05) is 39.0 Å². The molecule has 0 spiro atoms. The lowest BCUT2D eigenvalue weighted by molar-refractivity contribution is -0.212. The maximum Gasteiger partial charge on any atom is 0.393 e. The summed E-state index contributed by atoms with van der Waals surface area (Å²) < 4.78 is 98.4. The number of hydrazine groups is 1. The van der Waals surface area contributed by atoms with Crippen LogP contribution in [0.15, 0.2) is 12.1 Å². The van der Waals surface area contributed by atoms with E-state index in [0.717, 1.165) is 25.2 Å². The minimum atomic E-state index is -4.43. The third kappa shape index (κ3) is 6.86. The lowest BCUT2D eigenvalue weighted by Crippen LogP contribution is -2.56. The topological polar surface area (TPSA) is 78.9 Å². The van der Waals surface area contributed by atoms with Gasteiger partial charge in [-0.15, -0.1) is 0 Å². The largest absolute Gasteiger partial charge is 0.493 e. The van der Waals surface area contributed by atoms with Gasteiger partial charge in [0.15, 0.2) is 0 Å². The maximum atomic E-state index is 14.7. The molecule has 0 radical (unpaired) electrons. The second-order valence-electron chi connectivity index (χ2n) is 10.00. The van der Waals surface area contributed by atoms with Gasteiger partial charge in [-0.2, -0.15) is 13.2 Å². The zero-order valence-corrected chi connectivity index (χ0v) is 20.7. The molecule has 202 valence electrons. The fourth-order valence-corrected chi connectivity index (χ4v) is 5.31. The number of hydrogen-bond donors (Lipinski definition) is 1. The zero-order valence-electron chi connectivity index (χ0n) is 19.9. The number of halogens is 5. The number of benzene rings is 1. The highest BCUT2D eigenvalue weighted by atomic mass is 32.2. The van der Waals surface area contributed by atoms with Crippen LogP contribution in [0.4, 0.5) is 22.0 Å². The molecule has 2 aliphatic heterocycles.